The lowest BCUT2D eigenvalue weighted by Crippen LogP contribution is -2.29. The molecular formula is C61H37NOS. The summed E-state index contributed by atoms with van der Waals surface area (Å²) in [6.07, 6.45) is 0. The molecule has 0 saturated heterocycles. The van der Waals surface area contributed by atoms with Gasteiger partial charge in [0.1, 0.15) is 11.2 Å². The molecule has 2 heterocycles. The molecule has 0 fully saturated rings. The molecule has 0 aliphatic heterocycles. The normalized spacial score (nSPS) is 14.6. The fourth-order valence-electron chi connectivity index (χ4n) is 11.2. The van der Waals surface area contributed by atoms with Crippen LogP contribution in [0.4, 0.5) is 17.1 Å². The van der Waals surface area contributed by atoms with E-state index in [4.69, 9.17) is 4.42 Å². The number of anilines is 3. The summed E-state index contributed by atoms with van der Waals surface area (Å²) >= 11 is 1.92. The highest BCUT2D eigenvalue weighted by Crippen LogP contribution is 2.63. The number of benzene rings is 10. The highest BCUT2D eigenvalue weighted by atomic mass is 32.1. The topological polar surface area (TPSA) is 16.4 Å². The largest absolute Gasteiger partial charge is 0.456 e. The van der Waals surface area contributed by atoms with Gasteiger partial charge in [-0.1, -0.05) is 170 Å². The Balaban J connectivity index is 1.06. The third-order valence-corrected chi connectivity index (χ3v) is 15.1. The molecule has 0 saturated carbocycles. The van der Waals surface area contributed by atoms with Crippen LogP contribution in [0.5, 0.6) is 0 Å². The van der Waals surface area contributed by atoms with E-state index >= 15 is 0 Å². The Morgan fingerprint density at radius 3 is 1.72 bits per heavy atom. The Morgan fingerprint density at radius 1 is 0.344 bits per heavy atom. The van der Waals surface area contributed by atoms with Crippen molar-refractivity contribution in [3.63, 3.8) is 0 Å². The summed E-state index contributed by atoms with van der Waals surface area (Å²) in [6, 6.07) is 82.9. The maximum atomic E-state index is 6.54. The van der Waals surface area contributed by atoms with Gasteiger partial charge in [0.15, 0.2) is 0 Å². The van der Waals surface area contributed by atoms with Crippen molar-refractivity contribution in [2.45, 2.75) is 5.41 Å². The first-order valence-corrected chi connectivity index (χ1v) is 22.8. The Hall–Kier alpha value is -7.98. The van der Waals surface area contributed by atoms with Crippen molar-refractivity contribution in [1.82, 2.24) is 0 Å². The van der Waals surface area contributed by atoms with Crippen LogP contribution in [0.25, 0.3) is 86.6 Å². The standard InChI is InChI=1S/C61H37NOS/c1-2-14-38(15-3-1)39-26-28-40(29-27-39)62(42-30-32-47-46-19-8-12-24-56(46)63-57(47)37-42)41-31-34-54-51(36-41)44-17-5-4-16-43(44)45-18-6-10-22-52(45)61(54)53-23-11-7-21-50(53)59-55(61)35-33-49-48-20-9-13-25-58(48)64-60(49)59/h1-37H. The molecule has 1 unspecified atom stereocenters. The van der Waals surface area contributed by atoms with Crippen molar-refractivity contribution in [1.29, 1.82) is 0 Å². The van der Waals surface area contributed by atoms with Gasteiger partial charge in [0.2, 0.25) is 0 Å². The second-order valence-corrected chi connectivity index (χ2v) is 18.2. The molecule has 0 amide bonds. The Morgan fingerprint density at radius 2 is 0.891 bits per heavy atom. The van der Waals surface area contributed by atoms with Crippen molar-refractivity contribution in [3.8, 4) is 44.5 Å². The lowest BCUT2D eigenvalue weighted by atomic mass is 9.66. The van der Waals surface area contributed by atoms with E-state index in [1.807, 2.05) is 17.4 Å². The summed E-state index contributed by atoms with van der Waals surface area (Å²) in [5.41, 5.74) is 19.6. The summed E-state index contributed by atoms with van der Waals surface area (Å²) in [5.74, 6) is 0. The van der Waals surface area contributed by atoms with E-state index in [0.717, 1.165) is 39.0 Å². The number of thiophene rings is 1. The third kappa shape index (κ3) is 4.90. The fourth-order valence-corrected chi connectivity index (χ4v) is 12.5. The van der Waals surface area contributed by atoms with Gasteiger partial charge < -0.3 is 9.32 Å². The number of fused-ring (bicyclic) bond motifs is 19. The lowest BCUT2D eigenvalue weighted by molar-refractivity contribution is 0.669. The first kappa shape index (κ1) is 35.6. The highest BCUT2D eigenvalue weighted by molar-refractivity contribution is 7.26. The molecule has 0 N–H and O–H groups in total. The minimum Gasteiger partial charge on any atom is -0.456 e. The van der Waals surface area contributed by atoms with Crippen LogP contribution in [0, 0.1) is 0 Å². The molecule has 3 heteroatoms. The van der Waals surface area contributed by atoms with Gasteiger partial charge in [-0.15, -0.1) is 11.3 Å². The van der Waals surface area contributed by atoms with Gasteiger partial charge in [0.25, 0.3) is 0 Å². The SMILES string of the molecule is c1ccc(-c2ccc(N(c3ccc4c(c3)-c3ccccc3-c3ccccc3C43c4ccccc4-c4c3ccc3c4sc4ccccc43)c3ccc4c(c3)oc3ccccc34)cc2)cc1. The number of rotatable bonds is 4. The minimum atomic E-state index is -0.588. The number of para-hydroxylation sites is 1. The van der Waals surface area contributed by atoms with Crippen LogP contribution in [-0.4, -0.2) is 0 Å². The van der Waals surface area contributed by atoms with Gasteiger partial charge in [-0.3, -0.25) is 0 Å². The van der Waals surface area contributed by atoms with E-state index in [1.165, 1.54) is 86.9 Å². The second-order valence-electron chi connectivity index (χ2n) is 17.1. The van der Waals surface area contributed by atoms with Crippen LogP contribution in [-0.2, 0) is 5.41 Å². The van der Waals surface area contributed by atoms with E-state index in [1.54, 1.807) is 0 Å². The van der Waals surface area contributed by atoms with Crippen LogP contribution in [0.3, 0.4) is 0 Å². The van der Waals surface area contributed by atoms with Gasteiger partial charge in [-0.2, -0.15) is 0 Å². The van der Waals surface area contributed by atoms with E-state index in [-0.39, 0.29) is 0 Å². The molecule has 0 radical (unpaired) electrons. The molecule has 1 spiro atoms. The van der Waals surface area contributed by atoms with Crippen LogP contribution in [0.15, 0.2) is 229 Å². The second kappa shape index (κ2) is 13.5. The van der Waals surface area contributed by atoms with Gasteiger partial charge in [-0.05, 0) is 110 Å². The number of furan rings is 1. The van der Waals surface area contributed by atoms with Gasteiger partial charge in [0.05, 0.1) is 5.41 Å². The van der Waals surface area contributed by atoms with E-state index < -0.39 is 5.41 Å². The molecule has 10 aromatic carbocycles. The van der Waals surface area contributed by atoms with Crippen molar-refractivity contribution in [2.24, 2.45) is 0 Å². The lowest BCUT2D eigenvalue weighted by Gasteiger charge is -2.36. The van der Waals surface area contributed by atoms with Crippen molar-refractivity contribution >= 4 is 70.5 Å². The highest BCUT2D eigenvalue weighted by Gasteiger charge is 2.50. The zero-order valence-electron chi connectivity index (χ0n) is 34.6. The molecule has 2 nitrogen and oxygen atoms in total. The predicted molar refractivity (Wildman–Crippen MR) is 268 cm³/mol. The summed E-state index contributed by atoms with van der Waals surface area (Å²) < 4.78 is 9.21. The zero-order valence-corrected chi connectivity index (χ0v) is 35.4. The van der Waals surface area contributed by atoms with Crippen molar-refractivity contribution < 1.29 is 4.42 Å². The number of nitrogens with zero attached hydrogens (tertiary/aromatic N) is 1. The maximum Gasteiger partial charge on any atom is 0.137 e. The summed E-state index contributed by atoms with van der Waals surface area (Å²) in [5, 5.41) is 4.88. The summed E-state index contributed by atoms with van der Waals surface area (Å²) in [6.45, 7) is 0. The van der Waals surface area contributed by atoms with E-state index in [2.05, 4.69) is 223 Å². The molecule has 64 heavy (non-hydrogen) atoms. The molecule has 2 aliphatic carbocycles. The predicted octanol–water partition coefficient (Wildman–Crippen LogP) is 17.1. The van der Waals surface area contributed by atoms with Gasteiger partial charge in [-0.25, -0.2) is 0 Å². The fraction of sp³-hybridized carbons (Fsp3) is 0.0164. The van der Waals surface area contributed by atoms with Crippen molar-refractivity contribution in [2.75, 3.05) is 4.90 Å². The molecule has 0 bridgehead atoms. The summed E-state index contributed by atoms with van der Waals surface area (Å²) in [4.78, 5) is 2.40. The summed E-state index contributed by atoms with van der Waals surface area (Å²) in [7, 11) is 0. The van der Waals surface area contributed by atoms with Crippen molar-refractivity contribution in [3.05, 3.63) is 247 Å². The molecule has 2 aromatic heterocycles. The van der Waals surface area contributed by atoms with Gasteiger partial charge in [0, 0.05) is 59.6 Å². The molecular weight excluding hydrogens is 795 g/mol. The minimum absolute atomic E-state index is 0.588. The first-order valence-electron chi connectivity index (χ1n) is 22.0. The van der Waals surface area contributed by atoms with E-state index in [9.17, 15) is 0 Å². The molecule has 14 rings (SSSR count). The van der Waals surface area contributed by atoms with Crippen LogP contribution in [0.2, 0.25) is 0 Å². The quantitative estimate of drug-likeness (QED) is 0.176. The molecule has 298 valence electrons. The zero-order chi connectivity index (χ0) is 41.9. The first-order chi connectivity index (χ1) is 31.7. The Labute approximate surface area is 374 Å². The average molecular weight is 832 g/mol. The van der Waals surface area contributed by atoms with Crippen LogP contribution >= 0.6 is 11.3 Å². The maximum absolute atomic E-state index is 6.54. The molecule has 12 aromatic rings. The number of hydrogen-bond donors (Lipinski definition) is 0. The average Bonchev–Trinajstić information content (AvgIpc) is 4.00. The van der Waals surface area contributed by atoms with E-state index in [0.29, 0.717) is 0 Å². The van der Waals surface area contributed by atoms with Gasteiger partial charge >= 0.3 is 0 Å². The number of hydrogen-bond acceptors (Lipinski definition) is 3. The van der Waals surface area contributed by atoms with Crippen LogP contribution in [0.1, 0.15) is 22.3 Å². The third-order valence-electron chi connectivity index (χ3n) is 13.9. The molecule has 2 aliphatic rings. The molecule has 1 atom stereocenters. The monoisotopic (exact) mass is 831 g/mol. The Bertz CT molecular complexity index is 3860. The Kier molecular flexibility index (Phi) is 7.51. The van der Waals surface area contributed by atoms with Crippen LogP contribution < -0.4 is 4.90 Å². The smallest absolute Gasteiger partial charge is 0.137 e.